The lowest BCUT2D eigenvalue weighted by atomic mass is 10.1. The summed E-state index contributed by atoms with van der Waals surface area (Å²) in [6.45, 7) is 6.72. The smallest absolute Gasteiger partial charge is 0.248 e. The number of anilines is 1. The van der Waals surface area contributed by atoms with Gasteiger partial charge in [-0.1, -0.05) is 32.4 Å². The lowest BCUT2D eigenvalue weighted by molar-refractivity contribution is -0.112. The molecule has 0 spiro atoms. The number of unbranched alkanes of at least 4 members (excludes halogenated alkanes) is 2. The minimum atomic E-state index is -0.512. The Balaban J connectivity index is 2.84. The second kappa shape index (κ2) is 7.46. The Morgan fingerprint density at radius 1 is 1.42 bits per heavy atom. The van der Waals surface area contributed by atoms with Gasteiger partial charge in [-0.25, -0.2) is 0 Å². The van der Waals surface area contributed by atoms with E-state index in [-0.39, 0.29) is 0 Å². The van der Waals surface area contributed by atoms with Gasteiger partial charge in [0.15, 0.2) is 0 Å². The van der Waals surface area contributed by atoms with Gasteiger partial charge in [-0.05, 0) is 24.1 Å². The number of ether oxygens (including phenoxy) is 1. The zero-order valence-corrected chi connectivity index (χ0v) is 11.7. The van der Waals surface area contributed by atoms with Gasteiger partial charge in [0.25, 0.3) is 0 Å². The van der Waals surface area contributed by atoms with Gasteiger partial charge in [-0.2, -0.15) is 0 Å². The number of carbonyl (C=O) groups excluding carboxylic acids is 1. The van der Waals surface area contributed by atoms with Gasteiger partial charge in [0.05, 0.1) is 12.8 Å². The number of carbonyl (C=O) groups is 1. The Labute approximate surface area is 114 Å². The zero-order chi connectivity index (χ0) is 14.3. The molecule has 0 aromatic heterocycles. The van der Waals surface area contributed by atoms with Crippen molar-refractivity contribution in [2.24, 2.45) is 5.73 Å². The van der Waals surface area contributed by atoms with Crippen LogP contribution in [0.3, 0.4) is 0 Å². The van der Waals surface area contributed by atoms with Crippen LogP contribution in [0, 0.1) is 0 Å². The Hall–Kier alpha value is -1.97. The Morgan fingerprint density at radius 3 is 2.74 bits per heavy atom. The van der Waals surface area contributed by atoms with Crippen LogP contribution in [0.2, 0.25) is 0 Å². The van der Waals surface area contributed by atoms with Crippen molar-refractivity contribution in [1.82, 2.24) is 0 Å². The van der Waals surface area contributed by atoms with Gasteiger partial charge in [-0.15, -0.1) is 0 Å². The Morgan fingerprint density at radius 2 is 2.16 bits per heavy atom. The third-order valence-corrected chi connectivity index (χ3v) is 2.94. The molecular weight excluding hydrogens is 240 g/mol. The Kier molecular flexibility index (Phi) is 5.93. The largest absolute Gasteiger partial charge is 0.495 e. The van der Waals surface area contributed by atoms with E-state index in [2.05, 4.69) is 18.8 Å². The third-order valence-electron chi connectivity index (χ3n) is 2.94. The van der Waals surface area contributed by atoms with E-state index in [4.69, 9.17) is 10.5 Å². The number of hydrogen-bond acceptors (Lipinski definition) is 3. The van der Waals surface area contributed by atoms with Gasteiger partial charge >= 0.3 is 0 Å². The first-order valence-corrected chi connectivity index (χ1v) is 6.51. The summed E-state index contributed by atoms with van der Waals surface area (Å²) in [5.74, 6) is 0.236. The van der Waals surface area contributed by atoms with Crippen LogP contribution in [0.25, 0.3) is 5.57 Å². The van der Waals surface area contributed by atoms with E-state index < -0.39 is 5.91 Å². The molecule has 0 radical (unpaired) electrons. The number of nitrogens with two attached hydrogens (primary N) is 1. The molecule has 1 rings (SSSR count). The molecule has 0 unspecified atom stereocenters. The SMILES string of the molecule is C=C(C(N)=O)c1ccc(OC)c(NCCCCC)c1. The fraction of sp³-hybridized carbons (Fsp3) is 0.400. The minimum absolute atomic E-state index is 0.305. The molecule has 4 nitrogen and oxygen atoms in total. The third kappa shape index (κ3) is 4.32. The highest BCUT2D eigenvalue weighted by Crippen LogP contribution is 2.28. The molecule has 104 valence electrons. The number of rotatable bonds is 8. The van der Waals surface area contributed by atoms with E-state index in [0.717, 1.165) is 24.4 Å². The van der Waals surface area contributed by atoms with Gasteiger partial charge in [0.2, 0.25) is 5.91 Å². The zero-order valence-electron chi connectivity index (χ0n) is 11.7. The average Bonchev–Trinajstić information content (AvgIpc) is 2.42. The van der Waals surface area contributed by atoms with Gasteiger partial charge in [-0.3, -0.25) is 4.79 Å². The lowest BCUT2D eigenvalue weighted by Crippen LogP contribution is -2.12. The van der Waals surface area contributed by atoms with E-state index in [0.29, 0.717) is 11.1 Å². The van der Waals surface area contributed by atoms with E-state index in [1.54, 1.807) is 13.2 Å². The van der Waals surface area contributed by atoms with Crippen LogP contribution in [-0.2, 0) is 4.79 Å². The maximum atomic E-state index is 11.1. The molecule has 3 N–H and O–H groups in total. The summed E-state index contributed by atoms with van der Waals surface area (Å²) in [7, 11) is 1.62. The molecule has 0 aliphatic carbocycles. The molecule has 0 aliphatic heterocycles. The van der Waals surface area contributed by atoms with Crippen LogP contribution < -0.4 is 15.8 Å². The molecule has 0 aliphatic rings. The van der Waals surface area contributed by atoms with Crippen molar-refractivity contribution in [3.05, 3.63) is 30.3 Å². The standard InChI is InChI=1S/C15H22N2O2/c1-4-5-6-9-17-13-10-12(11(2)15(16)18)7-8-14(13)19-3/h7-8,10,17H,2,4-6,9H2,1,3H3,(H2,16,18). The van der Waals surface area contributed by atoms with Crippen molar-refractivity contribution in [2.75, 3.05) is 19.0 Å². The summed E-state index contributed by atoms with van der Waals surface area (Å²) in [6, 6.07) is 5.44. The van der Waals surface area contributed by atoms with Crippen molar-refractivity contribution >= 4 is 17.2 Å². The fourth-order valence-electron chi connectivity index (χ4n) is 1.77. The number of hydrogen-bond donors (Lipinski definition) is 2. The second-order valence-corrected chi connectivity index (χ2v) is 4.39. The minimum Gasteiger partial charge on any atom is -0.495 e. The monoisotopic (exact) mass is 262 g/mol. The highest BCUT2D eigenvalue weighted by atomic mass is 16.5. The van der Waals surface area contributed by atoms with E-state index in [9.17, 15) is 4.79 Å². The number of nitrogens with one attached hydrogen (secondary N) is 1. The van der Waals surface area contributed by atoms with Crippen molar-refractivity contribution in [2.45, 2.75) is 26.2 Å². The quantitative estimate of drug-likeness (QED) is 0.559. The van der Waals surface area contributed by atoms with Crippen LogP contribution in [-0.4, -0.2) is 19.6 Å². The summed E-state index contributed by atoms with van der Waals surface area (Å²) in [5, 5.41) is 3.31. The van der Waals surface area contributed by atoms with E-state index in [1.165, 1.54) is 12.8 Å². The van der Waals surface area contributed by atoms with Crippen LogP contribution in [0.5, 0.6) is 5.75 Å². The lowest BCUT2D eigenvalue weighted by Gasteiger charge is -2.13. The van der Waals surface area contributed by atoms with Crippen molar-refractivity contribution in [3.8, 4) is 5.75 Å². The molecule has 1 amide bonds. The molecule has 1 aromatic carbocycles. The maximum Gasteiger partial charge on any atom is 0.248 e. The molecular formula is C15H22N2O2. The highest BCUT2D eigenvalue weighted by molar-refractivity contribution is 6.18. The van der Waals surface area contributed by atoms with Crippen LogP contribution in [0.4, 0.5) is 5.69 Å². The first-order chi connectivity index (χ1) is 9.10. The van der Waals surface area contributed by atoms with Gasteiger partial charge in [0.1, 0.15) is 5.75 Å². The predicted molar refractivity (Wildman–Crippen MR) is 79.2 cm³/mol. The summed E-state index contributed by atoms with van der Waals surface area (Å²) in [6.07, 6.45) is 3.46. The van der Waals surface area contributed by atoms with E-state index in [1.807, 2.05) is 12.1 Å². The summed E-state index contributed by atoms with van der Waals surface area (Å²) >= 11 is 0. The number of primary amides is 1. The predicted octanol–water partition coefficient (Wildman–Crippen LogP) is 2.80. The topological polar surface area (TPSA) is 64.4 Å². The number of amides is 1. The number of methoxy groups -OCH3 is 1. The van der Waals surface area contributed by atoms with Crippen LogP contribution >= 0.6 is 0 Å². The molecule has 0 bridgehead atoms. The molecule has 0 saturated heterocycles. The Bertz CT molecular complexity index is 455. The molecule has 0 saturated carbocycles. The molecule has 19 heavy (non-hydrogen) atoms. The molecule has 0 fully saturated rings. The van der Waals surface area contributed by atoms with Crippen LogP contribution in [0.15, 0.2) is 24.8 Å². The van der Waals surface area contributed by atoms with Crippen LogP contribution in [0.1, 0.15) is 31.7 Å². The summed E-state index contributed by atoms with van der Waals surface area (Å²) in [5.41, 5.74) is 7.12. The normalized spacial score (nSPS) is 10.0. The summed E-state index contributed by atoms with van der Waals surface area (Å²) in [4.78, 5) is 11.1. The fourth-order valence-corrected chi connectivity index (χ4v) is 1.77. The van der Waals surface area contributed by atoms with E-state index >= 15 is 0 Å². The highest BCUT2D eigenvalue weighted by Gasteiger charge is 2.09. The van der Waals surface area contributed by atoms with Crippen molar-refractivity contribution in [3.63, 3.8) is 0 Å². The second-order valence-electron chi connectivity index (χ2n) is 4.39. The van der Waals surface area contributed by atoms with Crippen molar-refractivity contribution in [1.29, 1.82) is 0 Å². The average molecular weight is 262 g/mol. The molecule has 1 aromatic rings. The summed E-state index contributed by atoms with van der Waals surface area (Å²) < 4.78 is 5.29. The number of benzene rings is 1. The molecule has 0 heterocycles. The molecule has 0 atom stereocenters. The maximum absolute atomic E-state index is 11.1. The van der Waals surface area contributed by atoms with Gasteiger partial charge in [0, 0.05) is 12.1 Å². The first-order valence-electron chi connectivity index (χ1n) is 6.51. The van der Waals surface area contributed by atoms with Crippen molar-refractivity contribution < 1.29 is 9.53 Å². The van der Waals surface area contributed by atoms with Gasteiger partial charge < -0.3 is 15.8 Å². The molecule has 4 heteroatoms. The first kappa shape index (κ1) is 15.1.